The molecule has 2 heterocycles. The molecule has 3 aromatic rings. The SMILES string of the molecule is Cc1cc2nc(C)c(CCC(=O)N(Cc3cccc(Br)c3)C3CC3)c(C)n2n1. The first-order valence-corrected chi connectivity index (χ1v) is 10.6. The summed E-state index contributed by atoms with van der Waals surface area (Å²) in [6.45, 7) is 6.74. The maximum Gasteiger partial charge on any atom is 0.223 e. The smallest absolute Gasteiger partial charge is 0.223 e. The first-order chi connectivity index (χ1) is 13.4. The van der Waals surface area contributed by atoms with Gasteiger partial charge in [-0.15, -0.1) is 0 Å². The molecular formula is C22H25BrN4O. The van der Waals surface area contributed by atoms with Gasteiger partial charge < -0.3 is 4.90 Å². The molecule has 1 aliphatic rings. The summed E-state index contributed by atoms with van der Waals surface area (Å²) in [5.74, 6) is 0.220. The van der Waals surface area contributed by atoms with Crippen molar-refractivity contribution < 1.29 is 4.79 Å². The topological polar surface area (TPSA) is 50.5 Å². The van der Waals surface area contributed by atoms with Gasteiger partial charge in [0.05, 0.1) is 5.69 Å². The summed E-state index contributed by atoms with van der Waals surface area (Å²) in [4.78, 5) is 19.8. The lowest BCUT2D eigenvalue weighted by Gasteiger charge is -2.23. The predicted octanol–water partition coefficient (Wildman–Crippen LogP) is 4.54. The van der Waals surface area contributed by atoms with Gasteiger partial charge in [0.15, 0.2) is 5.65 Å². The van der Waals surface area contributed by atoms with Crippen LogP contribution in [0.25, 0.3) is 5.65 Å². The highest BCUT2D eigenvalue weighted by atomic mass is 79.9. The first kappa shape index (κ1) is 19.1. The second kappa shape index (κ2) is 7.66. The Balaban J connectivity index is 1.50. The van der Waals surface area contributed by atoms with Crippen molar-refractivity contribution in [1.29, 1.82) is 0 Å². The normalized spacial score (nSPS) is 13.9. The van der Waals surface area contributed by atoms with Gasteiger partial charge in [0.2, 0.25) is 5.91 Å². The van der Waals surface area contributed by atoms with E-state index in [-0.39, 0.29) is 5.91 Å². The number of amides is 1. The molecule has 0 bridgehead atoms. The summed E-state index contributed by atoms with van der Waals surface area (Å²) in [5, 5.41) is 4.53. The molecule has 1 fully saturated rings. The Kier molecular flexibility index (Phi) is 5.23. The van der Waals surface area contributed by atoms with Crippen molar-refractivity contribution in [1.82, 2.24) is 19.5 Å². The molecule has 0 aliphatic heterocycles. The molecule has 0 spiro atoms. The van der Waals surface area contributed by atoms with Gasteiger partial charge in [-0.05, 0) is 63.3 Å². The molecule has 1 amide bonds. The fourth-order valence-electron chi connectivity index (χ4n) is 3.82. The molecule has 1 saturated carbocycles. The number of rotatable bonds is 6. The van der Waals surface area contributed by atoms with Gasteiger partial charge in [-0.25, -0.2) is 9.50 Å². The molecule has 6 heteroatoms. The highest BCUT2D eigenvalue weighted by Gasteiger charge is 2.32. The van der Waals surface area contributed by atoms with Crippen molar-refractivity contribution in [2.24, 2.45) is 0 Å². The van der Waals surface area contributed by atoms with Crippen LogP contribution < -0.4 is 0 Å². The van der Waals surface area contributed by atoms with Gasteiger partial charge >= 0.3 is 0 Å². The Hall–Kier alpha value is -2.21. The lowest BCUT2D eigenvalue weighted by atomic mass is 10.1. The van der Waals surface area contributed by atoms with E-state index in [2.05, 4.69) is 50.0 Å². The van der Waals surface area contributed by atoms with Crippen LogP contribution in [-0.2, 0) is 17.8 Å². The number of benzene rings is 1. The van der Waals surface area contributed by atoms with E-state index in [1.54, 1.807) is 0 Å². The zero-order chi connectivity index (χ0) is 19.8. The third-order valence-electron chi connectivity index (χ3n) is 5.42. The molecule has 0 radical (unpaired) electrons. The summed E-state index contributed by atoms with van der Waals surface area (Å²) in [6, 6.07) is 10.6. The Labute approximate surface area is 173 Å². The van der Waals surface area contributed by atoms with Crippen molar-refractivity contribution in [3.05, 3.63) is 63.0 Å². The zero-order valence-corrected chi connectivity index (χ0v) is 18.2. The molecule has 1 aromatic carbocycles. The van der Waals surface area contributed by atoms with Crippen LogP contribution in [-0.4, -0.2) is 31.4 Å². The molecule has 4 rings (SSSR count). The molecule has 1 aliphatic carbocycles. The van der Waals surface area contributed by atoms with E-state index >= 15 is 0 Å². The summed E-state index contributed by atoms with van der Waals surface area (Å²) in [6.07, 6.45) is 3.41. The van der Waals surface area contributed by atoms with Gasteiger partial charge in [-0.3, -0.25) is 4.79 Å². The van der Waals surface area contributed by atoms with Crippen LogP contribution in [0.5, 0.6) is 0 Å². The number of hydrogen-bond acceptors (Lipinski definition) is 3. The Morgan fingerprint density at radius 3 is 2.75 bits per heavy atom. The Morgan fingerprint density at radius 2 is 2.04 bits per heavy atom. The number of hydrogen-bond donors (Lipinski definition) is 0. The number of fused-ring (bicyclic) bond motifs is 1. The highest BCUT2D eigenvalue weighted by molar-refractivity contribution is 9.10. The van der Waals surface area contributed by atoms with Gasteiger partial charge in [0.25, 0.3) is 0 Å². The number of carbonyl (C=O) groups is 1. The lowest BCUT2D eigenvalue weighted by Crippen LogP contribution is -2.32. The van der Waals surface area contributed by atoms with Crippen molar-refractivity contribution in [3.63, 3.8) is 0 Å². The van der Waals surface area contributed by atoms with Gasteiger partial charge in [0.1, 0.15) is 0 Å². The van der Waals surface area contributed by atoms with Gasteiger partial charge in [0, 0.05) is 40.9 Å². The fourth-order valence-corrected chi connectivity index (χ4v) is 4.26. The number of nitrogens with zero attached hydrogens (tertiary/aromatic N) is 4. The van der Waals surface area contributed by atoms with Crippen LogP contribution in [0.15, 0.2) is 34.8 Å². The van der Waals surface area contributed by atoms with Crippen molar-refractivity contribution in [2.75, 3.05) is 0 Å². The van der Waals surface area contributed by atoms with E-state index in [4.69, 9.17) is 0 Å². The van der Waals surface area contributed by atoms with Gasteiger partial charge in [-0.2, -0.15) is 5.10 Å². The van der Waals surface area contributed by atoms with Crippen LogP contribution in [0.4, 0.5) is 0 Å². The average Bonchev–Trinajstić information content (AvgIpc) is 3.41. The van der Waals surface area contributed by atoms with E-state index in [1.165, 1.54) is 0 Å². The number of aryl methyl sites for hydroxylation is 3. The van der Waals surface area contributed by atoms with Crippen molar-refractivity contribution in [3.8, 4) is 0 Å². The van der Waals surface area contributed by atoms with Crippen LogP contribution >= 0.6 is 15.9 Å². The molecule has 0 unspecified atom stereocenters. The Morgan fingerprint density at radius 1 is 1.25 bits per heavy atom. The standard InChI is InChI=1S/C22H25BrN4O/c1-14-11-21-24-15(2)20(16(3)27(21)25-14)9-10-22(28)26(19-7-8-19)13-17-5-4-6-18(23)12-17/h4-6,11-12,19H,7-10,13H2,1-3H3. The minimum absolute atomic E-state index is 0.220. The zero-order valence-electron chi connectivity index (χ0n) is 16.6. The van der Waals surface area contributed by atoms with Crippen LogP contribution in [0.3, 0.4) is 0 Å². The minimum atomic E-state index is 0.220. The third-order valence-corrected chi connectivity index (χ3v) is 5.92. The van der Waals surface area contributed by atoms with Crippen LogP contribution in [0.2, 0.25) is 0 Å². The van der Waals surface area contributed by atoms with E-state index in [9.17, 15) is 4.79 Å². The second-order valence-corrected chi connectivity index (χ2v) is 8.62. The largest absolute Gasteiger partial charge is 0.335 e. The summed E-state index contributed by atoms with van der Waals surface area (Å²) in [5.41, 5.74) is 6.18. The maximum absolute atomic E-state index is 13.0. The van der Waals surface area contributed by atoms with E-state index in [0.29, 0.717) is 25.4 Å². The quantitative estimate of drug-likeness (QED) is 0.565. The minimum Gasteiger partial charge on any atom is -0.335 e. The molecule has 5 nitrogen and oxygen atoms in total. The molecule has 0 N–H and O–H groups in total. The number of halogens is 1. The maximum atomic E-state index is 13.0. The van der Waals surface area contributed by atoms with Crippen molar-refractivity contribution in [2.45, 2.75) is 59.0 Å². The Bertz CT molecular complexity index is 1040. The van der Waals surface area contributed by atoms with Crippen molar-refractivity contribution >= 4 is 27.5 Å². The van der Waals surface area contributed by atoms with E-state index < -0.39 is 0 Å². The van der Waals surface area contributed by atoms with Crippen LogP contribution in [0, 0.1) is 20.8 Å². The summed E-state index contributed by atoms with van der Waals surface area (Å²) < 4.78 is 2.94. The fraction of sp³-hybridized carbons (Fsp3) is 0.409. The molecular weight excluding hydrogens is 416 g/mol. The molecule has 2 aromatic heterocycles. The molecule has 28 heavy (non-hydrogen) atoms. The average molecular weight is 441 g/mol. The third kappa shape index (κ3) is 3.97. The monoisotopic (exact) mass is 440 g/mol. The van der Waals surface area contributed by atoms with E-state index in [1.807, 2.05) is 36.6 Å². The molecule has 0 saturated heterocycles. The predicted molar refractivity (Wildman–Crippen MR) is 113 cm³/mol. The lowest BCUT2D eigenvalue weighted by molar-refractivity contribution is -0.132. The number of carbonyl (C=O) groups excluding carboxylic acids is 1. The van der Waals surface area contributed by atoms with Crippen LogP contribution in [0.1, 0.15) is 47.5 Å². The molecule has 0 atom stereocenters. The summed E-state index contributed by atoms with van der Waals surface area (Å²) >= 11 is 3.52. The second-order valence-electron chi connectivity index (χ2n) is 7.70. The highest BCUT2D eigenvalue weighted by Crippen LogP contribution is 2.30. The van der Waals surface area contributed by atoms with E-state index in [0.717, 1.165) is 51.2 Å². The van der Waals surface area contributed by atoms with Gasteiger partial charge in [-0.1, -0.05) is 28.1 Å². The number of aromatic nitrogens is 3. The summed E-state index contributed by atoms with van der Waals surface area (Å²) in [7, 11) is 0. The first-order valence-electron chi connectivity index (χ1n) is 9.79. The molecule has 146 valence electrons.